The number of anilines is 1. The minimum Gasteiger partial charge on any atom is -0.490 e. The number of carbonyl (C=O) groups excluding carboxylic acids is 2. The van der Waals surface area contributed by atoms with E-state index in [1.165, 1.54) is 0 Å². The monoisotopic (exact) mass is 384 g/mol. The summed E-state index contributed by atoms with van der Waals surface area (Å²) in [5.41, 5.74) is 1.62. The van der Waals surface area contributed by atoms with Crippen LogP contribution >= 0.6 is 0 Å². The summed E-state index contributed by atoms with van der Waals surface area (Å²) in [7, 11) is 0. The molecule has 0 heterocycles. The van der Waals surface area contributed by atoms with Crippen LogP contribution < -0.4 is 20.1 Å². The van der Waals surface area contributed by atoms with Crippen LogP contribution in [0.5, 0.6) is 11.5 Å². The molecule has 0 spiro atoms. The maximum absolute atomic E-state index is 12.1. The van der Waals surface area contributed by atoms with Crippen molar-refractivity contribution in [3.8, 4) is 11.5 Å². The van der Waals surface area contributed by atoms with Crippen LogP contribution in [0.25, 0.3) is 0 Å². The Morgan fingerprint density at radius 1 is 1.00 bits per heavy atom. The van der Waals surface area contributed by atoms with Crippen molar-refractivity contribution in [1.82, 2.24) is 5.32 Å². The van der Waals surface area contributed by atoms with Gasteiger partial charge in [0, 0.05) is 24.2 Å². The number of ether oxygens (including phenoxy) is 2. The number of para-hydroxylation sites is 1. The standard InChI is InChI=1S/C22H28N2O4/c1-4-16(3)28-20-9-7-6-8-17(20)14-23-22(26)15-27-19-12-10-18(11-13-19)24-21(25)5-2/h6-13,16H,4-5,14-15H2,1-3H3,(H,23,26)(H,24,25). The average molecular weight is 384 g/mol. The third-order valence-corrected chi connectivity index (χ3v) is 4.18. The maximum Gasteiger partial charge on any atom is 0.258 e. The molecule has 6 nitrogen and oxygen atoms in total. The highest BCUT2D eigenvalue weighted by atomic mass is 16.5. The first-order valence-electron chi connectivity index (χ1n) is 9.55. The minimum atomic E-state index is -0.221. The van der Waals surface area contributed by atoms with E-state index in [2.05, 4.69) is 17.6 Å². The number of benzene rings is 2. The van der Waals surface area contributed by atoms with E-state index in [-0.39, 0.29) is 24.5 Å². The molecule has 0 saturated carbocycles. The molecule has 0 aliphatic heterocycles. The molecular formula is C22H28N2O4. The van der Waals surface area contributed by atoms with Gasteiger partial charge in [0.2, 0.25) is 5.91 Å². The second-order valence-corrected chi connectivity index (χ2v) is 6.44. The molecule has 0 radical (unpaired) electrons. The van der Waals surface area contributed by atoms with Gasteiger partial charge in [-0.15, -0.1) is 0 Å². The Hall–Kier alpha value is -3.02. The lowest BCUT2D eigenvalue weighted by Crippen LogP contribution is -2.28. The zero-order valence-electron chi connectivity index (χ0n) is 16.7. The predicted octanol–water partition coefficient (Wildman–Crippen LogP) is 3.91. The Morgan fingerprint density at radius 2 is 1.71 bits per heavy atom. The summed E-state index contributed by atoms with van der Waals surface area (Å²) in [4.78, 5) is 23.5. The molecule has 0 fully saturated rings. The van der Waals surface area contributed by atoms with E-state index in [0.717, 1.165) is 17.7 Å². The van der Waals surface area contributed by atoms with Crippen LogP contribution in [0.1, 0.15) is 39.2 Å². The van der Waals surface area contributed by atoms with Crippen molar-refractivity contribution in [2.24, 2.45) is 0 Å². The summed E-state index contributed by atoms with van der Waals surface area (Å²) in [6.07, 6.45) is 1.45. The van der Waals surface area contributed by atoms with Crippen LogP contribution in [-0.4, -0.2) is 24.5 Å². The lowest BCUT2D eigenvalue weighted by Gasteiger charge is -2.16. The Balaban J connectivity index is 1.81. The van der Waals surface area contributed by atoms with Crippen molar-refractivity contribution in [3.05, 3.63) is 54.1 Å². The van der Waals surface area contributed by atoms with E-state index < -0.39 is 0 Å². The summed E-state index contributed by atoms with van der Waals surface area (Å²) in [5, 5.41) is 5.60. The first-order chi connectivity index (χ1) is 13.5. The molecule has 0 saturated heterocycles. The molecule has 6 heteroatoms. The van der Waals surface area contributed by atoms with E-state index in [4.69, 9.17) is 9.47 Å². The van der Waals surface area contributed by atoms with E-state index in [0.29, 0.717) is 24.4 Å². The van der Waals surface area contributed by atoms with Crippen molar-refractivity contribution in [3.63, 3.8) is 0 Å². The number of amides is 2. The summed E-state index contributed by atoms with van der Waals surface area (Å²) in [5.74, 6) is 1.07. The molecular weight excluding hydrogens is 356 g/mol. The van der Waals surface area contributed by atoms with Crippen molar-refractivity contribution >= 4 is 17.5 Å². The van der Waals surface area contributed by atoms with Gasteiger partial charge in [-0.1, -0.05) is 32.0 Å². The molecule has 150 valence electrons. The highest BCUT2D eigenvalue weighted by molar-refractivity contribution is 5.90. The van der Waals surface area contributed by atoms with Gasteiger partial charge in [0.05, 0.1) is 6.10 Å². The molecule has 2 N–H and O–H groups in total. The van der Waals surface area contributed by atoms with Gasteiger partial charge in [-0.05, 0) is 43.7 Å². The lowest BCUT2D eigenvalue weighted by atomic mass is 10.2. The van der Waals surface area contributed by atoms with Crippen molar-refractivity contribution in [1.29, 1.82) is 0 Å². The van der Waals surface area contributed by atoms with Gasteiger partial charge in [-0.3, -0.25) is 9.59 Å². The zero-order valence-corrected chi connectivity index (χ0v) is 16.7. The third kappa shape index (κ3) is 6.95. The van der Waals surface area contributed by atoms with Gasteiger partial charge in [0.1, 0.15) is 11.5 Å². The quantitative estimate of drug-likeness (QED) is 0.651. The first-order valence-corrected chi connectivity index (χ1v) is 9.55. The molecule has 28 heavy (non-hydrogen) atoms. The summed E-state index contributed by atoms with van der Waals surface area (Å²) in [6, 6.07) is 14.6. The average Bonchev–Trinajstić information content (AvgIpc) is 2.72. The fourth-order valence-electron chi connectivity index (χ4n) is 2.34. The predicted molar refractivity (Wildman–Crippen MR) is 110 cm³/mol. The SMILES string of the molecule is CCC(=O)Nc1ccc(OCC(=O)NCc2ccccc2OC(C)CC)cc1. The second kappa shape index (κ2) is 11.0. The van der Waals surface area contributed by atoms with Gasteiger partial charge in [0.15, 0.2) is 6.61 Å². The fraction of sp³-hybridized carbons (Fsp3) is 0.364. The van der Waals surface area contributed by atoms with Crippen LogP contribution in [0.3, 0.4) is 0 Å². The Morgan fingerprint density at radius 3 is 2.39 bits per heavy atom. The van der Waals surface area contributed by atoms with Crippen LogP contribution in [0.4, 0.5) is 5.69 Å². The number of hydrogen-bond donors (Lipinski definition) is 2. The van der Waals surface area contributed by atoms with Gasteiger partial charge in [-0.2, -0.15) is 0 Å². The van der Waals surface area contributed by atoms with Crippen molar-refractivity contribution in [2.75, 3.05) is 11.9 Å². The molecule has 0 aromatic heterocycles. The van der Waals surface area contributed by atoms with Crippen LogP contribution in [-0.2, 0) is 16.1 Å². The smallest absolute Gasteiger partial charge is 0.258 e. The Labute approximate surface area is 166 Å². The van der Waals surface area contributed by atoms with E-state index >= 15 is 0 Å². The summed E-state index contributed by atoms with van der Waals surface area (Å²) < 4.78 is 11.4. The fourth-order valence-corrected chi connectivity index (χ4v) is 2.34. The largest absolute Gasteiger partial charge is 0.490 e. The topological polar surface area (TPSA) is 76.7 Å². The van der Waals surface area contributed by atoms with Gasteiger partial charge >= 0.3 is 0 Å². The Bertz CT molecular complexity index is 774. The molecule has 0 aliphatic carbocycles. The van der Waals surface area contributed by atoms with Crippen LogP contribution in [0, 0.1) is 0 Å². The van der Waals surface area contributed by atoms with Crippen molar-refractivity contribution in [2.45, 2.75) is 46.3 Å². The van der Waals surface area contributed by atoms with E-state index in [9.17, 15) is 9.59 Å². The van der Waals surface area contributed by atoms with Crippen molar-refractivity contribution < 1.29 is 19.1 Å². The second-order valence-electron chi connectivity index (χ2n) is 6.44. The number of hydrogen-bond acceptors (Lipinski definition) is 4. The zero-order chi connectivity index (χ0) is 20.4. The lowest BCUT2D eigenvalue weighted by molar-refractivity contribution is -0.123. The summed E-state index contributed by atoms with van der Waals surface area (Å²) in [6.45, 7) is 6.16. The normalized spacial score (nSPS) is 11.4. The first kappa shape index (κ1) is 21.3. The van der Waals surface area contributed by atoms with Crippen LogP contribution in [0.2, 0.25) is 0 Å². The molecule has 2 rings (SSSR count). The molecule has 2 aromatic carbocycles. The maximum atomic E-state index is 12.1. The van der Waals surface area contributed by atoms with Gasteiger partial charge in [0.25, 0.3) is 5.91 Å². The highest BCUT2D eigenvalue weighted by Crippen LogP contribution is 2.20. The van der Waals surface area contributed by atoms with Gasteiger partial charge in [-0.25, -0.2) is 0 Å². The molecule has 1 atom stereocenters. The number of nitrogens with one attached hydrogen (secondary N) is 2. The van der Waals surface area contributed by atoms with Crippen LogP contribution in [0.15, 0.2) is 48.5 Å². The molecule has 1 unspecified atom stereocenters. The minimum absolute atomic E-state index is 0.0503. The molecule has 0 aliphatic rings. The van der Waals surface area contributed by atoms with E-state index in [1.807, 2.05) is 31.2 Å². The number of rotatable bonds is 10. The number of carbonyl (C=O) groups is 2. The molecule has 2 amide bonds. The van der Waals surface area contributed by atoms with Gasteiger partial charge < -0.3 is 20.1 Å². The highest BCUT2D eigenvalue weighted by Gasteiger charge is 2.09. The third-order valence-electron chi connectivity index (χ3n) is 4.18. The summed E-state index contributed by atoms with van der Waals surface area (Å²) >= 11 is 0. The molecule has 0 bridgehead atoms. The van der Waals surface area contributed by atoms with E-state index in [1.54, 1.807) is 31.2 Å². The molecule has 2 aromatic rings. The Kier molecular flexibility index (Phi) is 8.34.